The van der Waals surface area contributed by atoms with E-state index in [0.717, 1.165) is 12.8 Å². The second-order valence-electron chi connectivity index (χ2n) is 8.49. The molecule has 2 heterocycles. The Morgan fingerprint density at radius 2 is 2.00 bits per heavy atom. The van der Waals surface area contributed by atoms with E-state index in [9.17, 15) is 29.0 Å². The number of carbonyl (C=O) groups is 2. The fourth-order valence-electron chi connectivity index (χ4n) is 4.66. The van der Waals surface area contributed by atoms with Crippen molar-refractivity contribution in [1.82, 2.24) is 9.88 Å². The standard InChI is InChI=1S/C22H22ClFN2O5/c1-21-7-2-3-8-22(21,31)11-26-10-13(17(27)18(28)16(26)19(21)29)20(30)25-9-12-5-4-6-14(23)15(12)24/h4-6,10,28,31H,2-3,7-9,11H2,1H3,(H,25,30)/t21-,22-/m1/s1. The van der Waals surface area contributed by atoms with Gasteiger partial charge in [-0.25, -0.2) is 4.39 Å². The number of aromatic hydroxyl groups is 1. The Bertz CT molecular complexity index is 1160. The molecule has 1 aliphatic heterocycles. The molecular weight excluding hydrogens is 427 g/mol. The number of carbonyl (C=O) groups excluding carboxylic acids is 2. The molecule has 1 saturated carbocycles. The highest BCUT2D eigenvalue weighted by Gasteiger charge is 2.57. The summed E-state index contributed by atoms with van der Waals surface area (Å²) >= 11 is 5.74. The van der Waals surface area contributed by atoms with E-state index in [2.05, 4.69) is 5.32 Å². The SMILES string of the molecule is C[C@]12CCCC[C@@]1(O)Cn1cc(C(=O)NCc3cccc(Cl)c3F)c(=O)c(O)c1C2=O. The van der Waals surface area contributed by atoms with Crippen LogP contribution in [0.3, 0.4) is 0 Å². The van der Waals surface area contributed by atoms with Crippen molar-refractivity contribution < 1.29 is 24.2 Å². The minimum absolute atomic E-state index is 0.0262. The molecule has 164 valence electrons. The Balaban J connectivity index is 1.69. The summed E-state index contributed by atoms with van der Waals surface area (Å²) in [6.45, 7) is 1.40. The predicted molar refractivity (Wildman–Crippen MR) is 111 cm³/mol. The van der Waals surface area contributed by atoms with E-state index in [4.69, 9.17) is 11.6 Å². The van der Waals surface area contributed by atoms with Gasteiger partial charge in [0.05, 0.1) is 22.6 Å². The smallest absolute Gasteiger partial charge is 0.257 e. The maximum Gasteiger partial charge on any atom is 0.257 e. The van der Waals surface area contributed by atoms with Crippen LogP contribution in [0.5, 0.6) is 5.75 Å². The lowest BCUT2D eigenvalue weighted by Gasteiger charge is -2.51. The Labute approximate surface area is 182 Å². The van der Waals surface area contributed by atoms with Gasteiger partial charge in [0.2, 0.25) is 5.43 Å². The summed E-state index contributed by atoms with van der Waals surface area (Å²) in [7, 11) is 0. The Morgan fingerprint density at radius 1 is 1.29 bits per heavy atom. The van der Waals surface area contributed by atoms with Crippen molar-refractivity contribution in [3.8, 4) is 5.75 Å². The third-order valence-corrected chi connectivity index (χ3v) is 6.96. The van der Waals surface area contributed by atoms with Crippen LogP contribution in [0.15, 0.2) is 29.2 Å². The Hall–Kier alpha value is -2.71. The highest BCUT2D eigenvalue weighted by atomic mass is 35.5. The van der Waals surface area contributed by atoms with Crippen LogP contribution in [0, 0.1) is 11.2 Å². The number of Topliss-reactive ketones (excluding diaryl/α,β-unsaturated/α-hetero) is 1. The van der Waals surface area contributed by atoms with Crippen molar-refractivity contribution in [1.29, 1.82) is 0 Å². The maximum atomic E-state index is 14.0. The van der Waals surface area contributed by atoms with E-state index in [1.165, 1.54) is 29.0 Å². The number of hydrogen-bond acceptors (Lipinski definition) is 5. The van der Waals surface area contributed by atoms with E-state index in [0.29, 0.717) is 12.8 Å². The number of pyridine rings is 1. The van der Waals surface area contributed by atoms with Crippen molar-refractivity contribution in [2.45, 2.75) is 51.3 Å². The molecule has 0 saturated heterocycles. The van der Waals surface area contributed by atoms with Crippen molar-refractivity contribution in [3.63, 3.8) is 0 Å². The number of aliphatic hydroxyl groups is 1. The topological polar surface area (TPSA) is 109 Å². The van der Waals surface area contributed by atoms with Gasteiger partial charge in [0.1, 0.15) is 17.1 Å². The Morgan fingerprint density at radius 3 is 2.74 bits per heavy atom. The molecule has 0 spiro atoms. The lowest BCUT2D eigenvalue weighted by molar-refractivity contribution is -0.104. The summed E-state index contributed by atoms with van der Waals surface area (Å²) in [5.41, 5.74) is -3.91. The number of hydrogen-bond donors (Lipinski definition) is 3. The molecule has 31 heavy (non-hydrogen) atoms. The number of nitrogens with zero attached hydrogens (tertiary/aromatic N) is 1. The monoisotopic (exact) mass is 448 g/mol. The molecule has 0 bridgehead atoms. The van der Waals surface area contributed by atoms with E-state index in [1.807, 2.05) is 0 Å². The van der Waals surface area contributed by atoms with Gasteiger partial charge in [-0.2, -0.15) is 0 Å². The number of fused-ring (bicyclic) bond motifs is 2. The molecule has 9 heteroatoms. The highest BCUT2D eigenvalue weighted by molar-refractivity contribution is 6.30. The first-order valence-corrected chi connectivity index (χ1v) is 10.4. The first-order valence-electron chi connectivity index (χ1n) is 10.0. The first-order chi connectivity index (χ1) is 14.6. The van der Waals surface area contributed by atoms with Gasteiger partial charge in [-0.05, 0) is 25.8 Å². The summed E-state index contributed by atoms with van der Waals surface area (Å²) in [5.74, 6) is -2.85. The fourth-order valence-corrected chi connectivity index (χ4v) is 4.85. The van der Waals surface area contributed by atoms with Crippen LogP contribution in [0.25, 0.3) is 0 Å². The number of halogens is 2. The fraction of sp³-hybridized carbons (Fsp3) is 0.409. The number of amides is 1. The van der Waals surface area contributed by atoms with Gasteiger partial charge in [-0.3, -0.25) is 14.4 Å². The van der Waals surface area contributed by atoms with Crippen molar-refractivity contribution in [3.05, 3.63) is 62.3 Å². The van der Waals surface area contributed by atoms with Gasteiger partial charge in [0.15, 0.2) is 11.5 Å². The van der Waals surface area contributed by atoms with Crippen molar-refractivity contribution in [2.24, 2.45) is 5.41 Å². The molecule has 0 radical (unpaired) electrons. The quantitative estimate of drug-likeness (QED) is 0.669. The van der Waals surface area contributed by atoms with Crippen LogP contribution in [-0.2, 0) is 13.1 Å². The van der Waals surface area contributed by atoms with Gasteiger partial charge in [0, 0.05) is 18.3 Å². The lowest BCUT2D eigenvalue weighted by atomic mass is 9.59. The zero-order valence-corrected chi connectivity index (χ0v) is 17.6. The zero-order valence-electron chi connectivity index (χ0n) is 16.9. The first kappa shape index (κ1) is 21.5. The van der Waals surface area contributed by atoms with E-state index in [-0.39, 0.29) is 29.4 Å². The number of aromatic nitrogens is 1. The second-order valence-corrected chi connectivity index (χ2v) is 8.90. The normalized spacial score (nSPS) is 25.0. The third kappa shape index (κ3) is 3.25. The molecule has 2 aromatic rings. The number of rotatable bonds is 3. The largest absolute Gasteiger partial charge is 0.503 e. The molecule has 7 nitrogen and oxygen atoms in total. The van der Waals surface area contributed by atoms with E-state index in [1.54, 1.807) is 6.92 Å². The predicted octanol–water partition coefficient (Wildman–Crippen LogP) is 2.78. The third-order valence-electron chi connectivity index (χ3n) is 6.66. The highest BCUT2D eigenvalue weighted by Crippen LogP contribution is 2.50. The molecular formula is C22H22ClFN2O5. The molecule has 1 amide bonds. The van der Waals surface area contributed by atoms with Crippen molar-refractivity contribution in [2.75, 3.05) is 0 Å². The molecule has 3 N–H and O–H groups in total. The van der Waals surface area contributed by atoms with Gasteiger partial charge in [-0.1, -0.05) is 36.6 Å². The average molecular weight is 449 g/mol. The summed E-state index contributed by atoms with van der Waals surface area (Å²) < 4.78 is 15.3. The van der Waals surface area contributed by atoms with Crippen LogP contribution < -0.4 is 10.7 Å². The summed E-state index contributed by atoms with van der Waals surface area (Å²) in [6.07, 6.45) is 3.53. The molecule has 0 unspecified atom stereocenters. The van der Waals surface area contributed by atoms with Crippen LogP contribution >= 0.6 is 11.6 Å². The van der Waals surface area contributed by atoms with Crippen LogP contribution in [-0.4, -0.2) is 32.1 Å². The molecule has 1 fully saturated rings. The lowest BCUT2D eigenvalue weighted by Crippen LogP contribution is -2.60. The van der Waals surface area contributed by atoms with Crippen molar-refractivity contribution >= 4 is 23.3 Å². The summed E-state index contributed by atoms with van der Waals surface area (Å²) in [4.78, 5) is 38.5. The van der Waals surface area contributed by atoms with Gasteiger partial charge < -0.3 is 20.1 Å². The molecule has 1 aliphatic carbocycles. The maximum absolute atomic E-state index is 14.0. The van der Waals surface area contributed by atoms with Crippen LogP contribution in [0.2, 0.25) is 5.02 Å². The number of nitrogens with one attached hydrogen (secondary N) is 1. The van der Waals surface area contributed by atoms with Gasteiger partial charge >= 0.3 is 0 Å². The minimum atomic E-state index is -1.34. The second kappa shape index (κ2) is 7.46. The molecule has 2 aliphatic rings. The molecule has 4 rings (SSSR count). The van der Waals surface area contributed by atoms with Gasteiger partial charge in [-0.15, -0.1) is 0 Å². The van der Waals surface area contributed by atoms with E-state index < -0.39 is 45.3 Å². The summed E-state index contributed by atoms with van der Waals surface area (Å²) in [6, 6.07) is 4.34. The van der Waals surface area contributed by atoms with Crippen LogP contribution in [0.4, 0.5) is 4.39 Å². The molecule has 1 aromatic heterocycles. The number of ketones is 1. The number of benzene rings is 1. The van der Waals surface area contributed by atoms with E-state index >= 15 is 0 Å². The Kier molecular flexibility index (Phi) is 5.18. The molecule has 1 aromatic carbocycles. The average Bonchev–Trinajstić information content (AvgIpc) is 2.73. The van der Waals surface area contributed by atoms with Crippen LogP contribution in [0.1, 0.15) is 59.0 Å². The minimum Gasteiger partial charge on any atom is -0.503 e. The summed E-state index contributed by atoms with van der Waals surface area (Å²) in [5, 5.41) is 24.1. The zero-order chi connectivity index (χ0) is 22.6. The molecule has 2 atom stereocenters. The van der Waals surface area contributed by atoms with Gasteiger partial charge in [0.25, 0.3) is 5.91 Å².